The lowest BCUT2D eigenvalue weighted by molar-refractivity contribution is 0.253. The molecule has 1 aromatic carbocycles. The molecule has 0 atom stereocenters. The molecule has 34 heavy (non-hydrogen) atoms. The van der Waals surface area contributed by atoms with Crippen LogP contribution in [0, 0.1) is 5.82 Å². The van der Waals surface area contributed by atoms with Gasteiger partial charge in [0.2, 0.25) is 5.95 Å². The number of nitrogens with one attached hydrogen (secondary N) is 1. The van der Waals surface area contributed by atoms with Crippen LogP contribution < -0.4 is 15.0 Å². The Morgan fingerprint density at radius 3 is 2.59 bits per heavy atom. The summed E-state index contributed by atoms with van der Waals surface area (Å²) in [6.45, 7) is 7.59. The molecule has 2 aromatic heterocycles. The fraction of sp³-hybridized carbons (Fsp3) is 0.480. The molecule has 0 amide bonds. The number of halogens is 1. The molecular formula is C25H32FN7O. The van der Waals surface area contributed by atoms with E-state index in [9.17, 15) is 4.39 Å². The van der Waals surface area contributed by atoms with Gasteiger partial charge < -0.3 is 24.4 Å². The Balaban J connectivity index is 1.36. The van der Waals surface area contributed by atoms with Crippen LogP contribution in [0.25, 0.3) is 11.3 Å². The number of fused-ring (bicyclic) bond motifs is 1. The van der Waals surface area contributed by atoms with Gasteiger partial charge in [-0.05, 0) is 71.1 Å². The number of ether oxygens (including phenoxy) is 1. The Labute approximate surface area is 199 Å². The van der Waals surface area contributed by atoms with Crippen LogP contribution in [0.3, 0.4) is 0 Å². The first-order valence-electron chi connectivity index (χ1n) is 11.9. The van der Waals surface area contributed by atoms with Crippen molar-refractivity contribution in [1.82, 2.24) is 24.6 Å². The van der Waals surface area contributed by atoms with Crippen LogP contribution in [0.4, 0.5) is 21.8 Å². The van der Waals surface area contributed by atoms with E-state index in [1.54, 1.807) is 0 Å². The van der Waals surface area contributed by atoms with Crippen LogP contribution in [0.1, 0.15) is 38.3 Å². The van der Waals surface area contributed by atoms with Crippen LogP contribution in [0.5, 0.6) is 5.75 Å². The average Bonchev–Trinajstić information content (AvgIpc) is 3.20. The van der Waals surface area contributed by atoms with E-state index < -0.39 is 0 Å². The van der Waals surface area contributed by atoms with Gasteiger partial charge in [0.1, 0.15) is 6.61 Å². The zero-order chi connectivity index (χ0) is 23.8. The number of hydrogen-bond donors (Lipinski definition) is 1. The summed E-state index contributed by atoms with van der Waals surface area (Å²) in [6.07, 6.45) is 4.10. The number of aromatic nitrogens is 4. The van der Waals surface area contributed by atoms with Gasteiger partial charge in [0, 0.05) is 30.8 Å². The van der Waals surface area contributed by atoms with Crippen molar-refractivity contribution in [3.8, 4) is 17.0 Å². The largest absolute Gasteiger partial charge is 0.486 e. The predicted molar refractivity (Wildman–Crippen MR) is 131 cm³/mol. The lowest BCUT2D eigenvalue weighted by atomic mass is 9.94. The molecule has 9 heteroatoms. The molecule has 1 N–H and O–H groups in total. The number of nitrogens with zero attached hydrogens (tertiary/aromatic N) is 6. The average molecular weight is 466 g/mol. The number of benzene rings is 1. The first-order chi connectivity index (χ1) is 16.4. The molecule has 2 aliphatic rings. The van der Waals surface area contributed by atoms with Gasteiger partial charge in [0.05, 0.1) is 23.6 Å². The van der Waals surface area contributed by atoms with E-state index >= 15 is 0 Å². The van der Waals surface area contributed by atoms with Crippen molar-refractivity contribution >= 4 is 17.5 Å². The van der Waals surface area contributed by atoms with Crippen LogP contribution >= 0.6 is 0 Å². The maximum Gasteiger partial charge on any atom is 0.208 e. The van der Waals surface area contributed by atoms with Crippen LogP contribution in [-0.4, -0.2) is 64.0 Å². The first kappa shape index (κ1) is 22.6. The SMILES string of the molecule is CC(C)N1CCOc2c(F)cc(-c3cn(C)c(Nc4ccc(C5CCN(C)CC5)nn4)n3)cc21. The number of piperidine rings is 1. The smallest absolute Gasteiger partial charge is 0.208 e. The summed E-state index contributed by atoms with van der Waals surface area (Å²) in [7, 11) is 4.06. The molecule has 0 unspecified atom stereocenters. The third kappa shape index (κ3) is 4.44. The standard InChI is InChI=1S/C25H32FN7O/c1-16(2)33-11-12-34-24-19(26)13-18(14-22(24)33)21-15-32(4)25(27-21)28-23-6-5-20(29-30-23)17-7-9-31(3)10-8-17/h5-6,13-17H,7-12H2,1-4H3,(H,27,28,30). The van der Waals surface area contributed by atoms with Gasteiger partial charge in [-0.15, -0.1) is 5.10 Å². The quantitative estimate of drug-likeness (QED) is 0.606. The second-order valence-corrected chi connectivity index (χ2v) is 9.55. The molecule has 2 aliphatic heterocycles. The molecule has 1 fully saturated rings. The lowest BCUT2D eigenvalue weighted by Crippen LogP contribution is -2.38. The summed E-state index contributed by atoms with van der Waals surface area (Å²) in [5.74, 6) is 1.66. The highest BCUT2D eigenvalue weighted by Gasteiger charge is 2.25. The van der Waals surface area contributed by atoms with Gasteiger partial charge in [-0.2, -0.15) is 5.10 Å². The molecule has 8 nitrogen and oxygen atoms in total. The summed E-state index contributed by atoms with van der Waals surface area (Å²) in [5, 5.41) is 12.1. The van der Waals surface area contributed by atoms with Gasteiger partial charge in [0.15, 0.2) is 17.4 Å². The van der Waals surface area contributed by atoms with Gasteiger partial charge in [-0.3, -0.25) is 0 Å². The van der Waals surface area contributed by atoms with E-state index in [0.29, 0.717) is 41.3 Å². The van der Waals surface area contributed by atoms with Crippen LogP contribution in [-0.2, 0) is 7.05 Å². The number of aryl methyl sites for hydroxylation is 1. The van der Waals surface area contributed by atoms with Gasteiger partial charge in [-0.1, -0.05) is 0 Å². The van der Waals surface area contributed by atoms with Crippen molar-refractivity contribution in [2.24, 2.45) is 7.05 Å². The molecule has 3 aromatic rings. The second-order valence-electron chi connectivity index (χ2n) is 9.55. The number of imidazole rings is 1. The summed E-state index contributed by atoms with van der Waals surface area (Å²) in [4.78, 5) is 9.22. The highest BCUT2D eigenvalue weighted by Crippen LogP contribution is 2.39. The van der Waals surface area contributed by atoms with E-state index in [0.717, 1.165) is 43.9 Å². The highest BCUT2D eigenvalue weighted by atomic mass is 19.1. The molecule has 180 valence electrons. The molecule has 0 saturated carbocycles. The molecule has 5 rings (SSSR count). The maximum absolute atomic E-state index is 14.9. The molecule has 0 radical (unpaired) electrons. The zero-order valence-corrected chi connectivity index (χ0v) is 20.3. The van der Waals surface area contributed by atoms with Crippen molar-refractivity contribution in [2.75, 3.05) is 43.5 Å². The van der Waals surface area contributed by atoms with E-state index in [1.807, 2.05) is 29.9 Å². The number of likely N-dealkylation sites (tertiary alicyclic amines) is 1. The number of hydrogen-bond acceptors (Lipinski definition) is 7. The summed E-state index contributed by atoms with van der Waals surface area (Å²) >= 11 is 0. The Hall–Kier alpha value is -3.20. The maximum atomic E-state index is 14.9. The summed E-state index contributed by atoms with van der Waals surface area (Å²) in [5.41, 5.74) is 3.20. The van der Waals surface area contributed by atoms with Crippen molar-refractivity contribution in [3.05, 3.63) is 42.0 Å². The minimum Gasteiger partial charge on any atom is -0.486 e. The fourth-order valence-corrected chi connectivity index (χ4v) is 4.75. The molecule has 4 heterocycles. The van der Waals surface area contributed by atoms with E-state index in [1.165, 1.54) is 6.07 Å². The summed E-state index contributed by atoms with van der Waals surface area (Å²) < 4.78 is 22.4. The third-order valence-corrected chi connectivity index (χ3v) is 6.77. The molecule has 0 aliphatic carbocycles. The van der Waals surface area contributed by atoms with Crippen molar-refractivity contribution in [3.63, 3.8) is 0 Å². The van der Waals surface area contributed by atoms with Crippen LogP contribution in [0.15, 0.2) is 30.5 Å². The van der Waals surface area contributed by atoms with E-state index in [2.05, 4.69) is 52.3 Å². The topological polar surface area (TPSA) is 71.3 Å². The van der Waals surface area contributed by atoms with Gasteiger partial charge >= 0.3 is 0 Å². The van der Waals surface area contributed by atoms with Gasteiger partial charge in [0.25, 0.3) is 0 Å². The van der Waals surface area contributed by atoms with Gasteiger partial charge in [-0.25, -0.2) is 9.37 Å². The fourth-order valence-electron chi connectivity index (χ4n) is 4.75. The van der Waals surface area contributed by atoms with Crippen LogP contribution in [0.2, 0.25) is 0 Å². The molecule has 1 saturated heterocycles. The minimum absolute atomic E-state index is 0.245. The predicted octanol–water partition coefficient (Wildman–Crippen LogP) is 4.18. The normalized spacial score (nSPS) is 17.1. The molecule has 0 spiro atoms. The Morgan fingerprint density at radius 1 is 1.09 bits per heavy atom. The summed E-state index contributed by atoms with van der Waals surface area (Å²) in [6, 6.07) is 7.69. The Morgan fingerprint density at radius 2 is 1.88 bits per heavy atom. The lowest BCUT2D eigenvalue weighted by Gasteiger charge is -2.34. The minimum atomic E-state index is -0.367. The Kier molecular flexibility index (Phi) is 6.12. The number of anilines is 3. The zero-order valence-electron chi connectivity index (χ0n) is 20.3. The van der Waals surface area contributed by atoms with Crippen molar-refractivity contribution in [2.45, 2.75) is 38.6 Å². The monoisotopic (exact) mass is 465 g/mol. The second kappa shape index (κ2) is 9.21. The molecule has 0 bridgehead atoms. The molecular weight excluding hydrogens is 433 g/mol. The third-order valence-electron chi connectivity index (χ3n) is 6.77. The first-order valence-corrected chi connectivity index (χ1v) is 11.9. The van der Waals surface area contributed by atoms with Crippen molar-refractivity contribution in [1.29, 1.82) is 0 Å². The number of rotatable bonds is 5. The van der Waals surface area contributed by atoms with E-state index in [4.69, 9.17) is 9.72 Å². The van der Waals surface area contributed by atoms with Crippen molar-refractivity contribution < 1.29 is 9.13 Å². The van der Waals surface area contributed by atoms with E-state index in [-0.39, 0.29) is 11.9 Å². The highest BCUT2D eigenvalue weighted by molar-refractivity contribution is 5.73. The Bertz CT molecular complexity index is 1150.